The number of nitrogens with one attached hydrogen (secondary N) is 1. The number of hydrogen-bond donors (Lipinski definition) is 1. The van der Waals surface area contributed by atoms with Gasteiger partial charge in [0, 0.05) is 31.2 Å². The predicted molar refractivity (Wildman–Crippen MR) is 92.2 cm³/mol. The summed E-state index contributed by atoms with van der Waals surface area (Å²) < 4.78 is 12.9. The molecule has 1 aliphatic heterocycles. The summed E-state index contributed by atoms with van der Waals surface area (Å²) in [7, 11) is 0. The number of pyridine rings is 1. The molecular formula is C19H22FN3O. The number of aromatic nitrogens is 1. The molecule has 0 atom stereocenters. The maximum Gasteiger partial charge on any atom is 0.223 e. The summed E-state index contributed by atoms with van der Waals surface area (Å²) >= 11 is 0. The summed E-state index contributed by atoms with van der Waals surface area (Å²) in [5, 5.41) is 2.96. The van der Waals surface area contributed by atoms with E-state index in [0.29, 0.717) is 6.54 Å². The van der Waals surface area contributed by atoms with Crippen molar-refractivity contribution in [2.45, 2.75) is 26.3 Å². The lowest BCUT2D eigenvalue weighted by atomic mass is 9.96. The molecule has 2 heterocycles. The molecule has 1 aliphatic rings. The highest BCUT2D eigenvalue weighted by Gasteiger charge is 2.25. The second kappa shape index (κ2) is 7.43. The molecule has 0 bridgehead atoms. The molecule has 1 N–H and O–H groups in total. The summed E-state index contributed by atoms with van der Waals surface area (Å²) in [5.74, 6) is 0.838. The number of hydrogen-bond acceptors (Lipinski definition) is 3. The van der Waals surface area contributed by atoms with Gasteiger partial charge in [-0.3, -0.25) is 4.79 Å². The molecule has 1 aromatic carbocycles. The first-order chi connectivity index (χ1) is 11.6. The number of rotatable bonds is 4. The molecule has 1 amide bonds. The highest BCUT2D eigenvalue weighted by Crippen LogP contribution is 2.22. The zero-order valence-corrected chi connectivity index (χ0v) is 13.8. The van der Waals surface area contributed by atoms with Crippen molar-refractivity contribution in [2.24, 2.45) is 5.92 Å². The lowest BCUT2D eigenvalue weighted by Crippen LogP contribution is -2.40. The van der Waals surface area contributed by atoms with Gasteiger partial charge in [0.1, 0.15) is 11.6 Å². The van der Waals surface area contributed by atoms with Crippen molar-refractivity contribution >= 4 is 11.7 Å². The fraction of sp³-hybridized carbons (Fsp3) is 0.368. The van der Waals surface area contributed by atoms with Crippen LogP contribution in [0.25, 0.3) is 0 Å². The topological polar surface area (TPSA) is 45.2 Å². The van der Waals surface area contributed by atoms with Crippen molar-refractivity contribution in [3.05, 3.63) is 59.5 Å². The Balaban J connectivity index is 1.49. The first-order valence-electron chi connectivity index (χ1n) is 8.32. The molecule has 3 rings (SSSR count). The van der Waals surface area contributed by atoms with Crippen LogP contribution >= 0.6 is 0 Å². The number of anilines is 1. The molecule has 24 heavy (non-hydrogen) atoms. The van der Waals surface area contributed by atoms with Crippen molar-refractivity contribution < 1.29 is 9.18 Å². The van der Waals surface area contributed by atoms with Crippen LogP contribution in [0.5, 0.6) is 0 Å². The van der Waals surface area contributed by atoms with Crippen LogP contribution in [0.4, 0.5) is 10.2 Å². The van der Waals surface area contributed by atoms with Crippen molar-refractivity contribution in [1.29, 1.82) is 0 Å². The van der Waals surface area contributed by atoms with Crippen LogP contribution in [0.3, 0.4) is 0 Å². The van der Waals surface area contributed by atoms with Gasteiger partial charge in [-0.25, -0.2) is 9.37 Å². The fourth-order valence-electron chi connectivity index (χ4n) is 3.01. The monoisotopic (exact) mass is 327 g/mol. The van der Waals surface area contributed by atoms with E-state index in [-0.39, 0.29) is 17.6 Å². The molecule has 5 heteroatoms. The highest BCUT2D eigenvalue weighted by atomic mass is 19.1. The Kier molecular flexibility index (Phi) is 5.08. The number of carbonyl (C=O) groups is 1. The van der Waals surface area contributed by atoms with Gasteiger partial charge in [0.05, 0.1) is 0 Å². The molecule has 1 aromatic heterocycles. The van der Waals surface area contributed by atoms with Crippen LogP contribution < -0.4 is 10.2 Å². The van der Waals surface area contributed by atoms with Crippen molar-refractivity contribution in [3.63, 3.8) is 0 Å². The maximum atomic E-state index is 12.9. The van der Waals surface area contributed by atoms with Crippen molar-refractivity contribution in [3.8, 4) is 0 Å². The number of carbonyl (C=O) groups excluding carboxylic acids is 1. The van der Waals surface area contributed by atoms with E-state index in [1.165, 1.54) is 12.1 Å². The van der Waals surface area contributed by atoms with Gasteiger partial charge in [-0.15, -0.1) is 0 Å². The summed E-state index contributed by atoms with van der Waals surface area (Å²) in [6.45, 7) is 4.11. The number of halogens is 1. The third kappa shape index (κ3) is 4.10. The van der Waals surface area contributed by atoms with Crippen LogP contribution in [0, 0.1) is 18.7 Å². The van der Waals surface area contributed by atoms with E-state index in [1.807, 2.05) is 25.1 Å². The quantitative estimate of drug-likeness (QED) is 0.939. The Morgan fingerprint density at radius 3 is 2.58 bits per heavy atom. The normalized spacial score (nSPS) is 15.3. The number of nitrogens with zero attached hydrogens (tertiary/aromatic N) is 2. The van der Waals surface area contributed by atoms with Gasteiger partial charge in [0.2, 0.25) is 5.91 Å². The molecular weight excluding hydrogens is 305 g/mol. The molecule has 126 valence electrons. The average molecular weight is 327 g/mol. The highest BCUT2D eigenvalue weighted by molar-refractivity contribution is 5.79. The zero-order chi connectivity index (χ0) is 16.9. The van der Waals surface area contributed by atoms with Crippen molar-refractivity contribution in [1.82, 2.24) is 10.3 Å². The van der Waals surface area contributed by atoms with E-state index in [2.05, 4.69) is 15.2 Å². The molecule has 1 saturated heterocycles. The van der Waals surface area contributed by atoms with Gasteiger partial charge in [0.15, 0.2) is 0 Å². The van der Waals surface area contributed by atoms with Crippen LogP contribution in [-0.2, 0) is 11.3 Å². The fourth-order valence-corrected chi connectivity index (χ4v) is 3.01. The van der Waals surface area contributed by atoms with Gasteiger partial charge in [-0.05, 0) is 49.6 Å². The predicted octanol–water partition coefficient (Wildman–Crippen LogP) is 3.06. The summed E-state index contributed by atoms with van der Waals surface area (Å²) in [5.41, 5.74) is 1.91. The second-order valence-electron chi connectivity index (χ2n) is 6.24. The third-order valence-corrected chi connectivity index (χ3v) is 4.44. The third-order valence-electron chi connectivity index (χ3n) is 4.44. The first-order valence-corrected chi connectivity index (χ1v) is 8.32. The molecule has 0 spiro atoms. The Morgan fingerprint density at radius 2 is 1.92 bits per heavy atom. The molecule has 0 radical (unpaired) electrons. The summed E-state index contributed by atoms with van der Waals surface area (Å²) in [6.07, 6.45) is 1.65. The first kappa shape index (κ1) is 16.4. The number of amides is 1. The summed E-state index contributed by atoms with van der Waals surface area (Å²) in [4.78, 5) is 19.1. The van der Waals surface area contributed by atoms with E-state index in [4.69, 9.17) is 0 Å². The van der Waals surface area contributed by atoms with Gasteiger partial charge in [0.25, 0.3) is 0 Å². The minimum atomic E-state index is -0.262. The standard InChI is InChI=1S/C19H22FN3O/c1-14-3-2-4-18(22-14)23-11-9-16(10-12-23)19(24)21-13-15-5-7-17(20)8-6-15/h2-8,16H,9-13H2,1H3,(H,21,24). The van der Waals surface area contributed by atoms with Gasteiger partial charge in [-0.1, -0.05) is 18.2 Å². The molecule has 0 aliphatic carbocycles. The van der Waals surface area contributed by atoms with E-state index in [1.54, 1.807) is 12.1 Å². The Bertz CT molecular complexity index is 694. The van der Waals surface area contributed by atoms with Gasteiger partial charge < -0.3 is 10.2 Å². The Hall–Kier alpha value is -2.43. The number of piperidine rings is 1. The maximum absolute atomic E-state index is 12.9. The number of benzene rings is 1. The Morgan fingerprint density at radius 1 is 1.21 bits per heavy atom. The summed E-state index contributed by atoms with van der Waals surface area (Å²) in [6, 6.07) is 12.2. The minimum absolute atomic E-state index is 0.0338. The van der Waals surface area contributed by atoms with E-state index < -0.39 is 0 Å². The van der Waals surface area contributed by atoms with Gasteiger partial charge in [-0.2, -0.15) is 0 Å². The lowest BCUT2D eigenvalue weighted by Gasteiger charge is -2.32. The molecule has 4 nitrogen and oxygen atoms in total. The lowest BCUT2D eigenvalue weighted by molar-refractivity contribution is -0.125. The molecule has 2 aromatic rings. The Labute approximate surface area is 141 Å². The SMILES string of the molecule is Cc1cccc(N2CCC(C(=O)NCc3ccc(F)cc3)CC2)n1. The van der Waals surface area contributed by atoms with Crippen LogP contribution in [0.15, 0.2) is 42.5 Å². The van der Waals surface area contributed by atoms with Gasteiger partial charge >= 0.3 is 0 Å². The van der Waals surface area contributed by atoms with E-state index in [9.17, 15) is 9.18 Å². The molecule has 1 fully saturated rings. The largest absolute Gasteiger partial charge is 0.357 e. The van der Waals surface area contributed by atoms with Crippen LogP contribution in [0.1, 0.15) is 24.1 Å². The smallest absolute Gasteiger partial charge is 0.223 e. The molecule has 0 saturated carbocycles. The van der Waals surface area contributed by atoms with E-state index in [0.717, 1.165) is 43.0 Å². The average Bonchev–Trinajstić information content (AvgIpc) is 2.61. The van der Waals surface area contributed by atoms with E-state index >= 15 is 0 Å². The molecule has 0 unspecified atom stereocenters. The van der Waals surface area contributed by atoms with Crippen LogP contribution in [-0.4, -0.2) is 24.0 Å². The minimum Gasteiger partial charge on any atom is -0.357 e. The van der Waals surface area contributed by atoms with Crippen molar-refractivity contribution in [2.75, 3.05) is 18.0 Å². The zero-order valence-electron chi connectivity index (χ0n) is 13.8. The second-order valence-corrected chi connectivity index (χ2v) is 6.24. The number of aryl methyl sites for hydroxylation is 1. The van der Waals surface area contributed by atoms with Crippen LogP contribution in [0.2, 0.25) is 0 Å².